The Morgan fingerprint density at radius 2 is 1.68 bits per heavy atom. The minimum atomic E-state index is -4.39. The first kappa shape index (κ1) is 27.8. The maximum atomic E-state index is 13.5. The van der Waals surface area contributed by atoms with Gasteiger partial charge in [-0.3, -0.25) is 4.79 Å². The number of anilines is 2. The predicted molar refractivity (Wildman–Crippen MR) is 150 cm³/mol. The van der Waals surface area contributed by atoms with Crippen LogP contribution in [0.1, 0.15) is 55.2 Å². The van der Waals surface area contributed by atoms with Gasteiger partial charge in [0, 0.05) is 49.7 Å². The molecule has 2 heterocycles. The summed E-state index contributed by atoms with van der Waals surface area (Å²) < 4.78 is 38.8. The first-order valence-corrected chi connectivity index (χ1v) is 13.9. The molecule has 210 valence electrons. The van der Waals surface area contributed by atoms with Crippen LogP contribution >= 0.6 is 0 Å². The molecule has 0 radical (unpaired) electrons. The Balaban J connectivity index is 1.28. The standard InChI is InChI=1S/C31H34F3N5O/c32-31(33,34)25-10-5-23(6-11-25)9-14-30(40)39(28-16-19-38(20-17-28)27-3-1-2-4-27)21-24-7-12-26(13-8-24)37-29-15-18-35-22-36-29/h5-15,18,22,27-28H,1-4,16-17,19-21H2,(H,35,36,37)/b14-9+. The zero-order chi connectivity index (χ0) is 28.0. The molecule has 1 amide bonds. The molecule has 0 bridgehead atoms. The molecule has 1 aliphatic heterocycles. The maximum Gasteiger partial charge on any atom is 0.416 e. The van der Waals surface area contributed by atoms with E-state index in [2.05, 4.69) is 20.2 Å². The number of hydrogen-bond donors (Lipinski definition) is 1. The number of carbonyl (C=O) groups is 1. The summed E-state index contributed by atoms with van der Waals surface area (Å²) in [4.78, 5) is 26.1. The third-order valence-electron chi connectivity index (χ3n) is 7.88. The Morgan fingerprint density at radius 3 is 2.30 bits per heavy atom. The van der Waals surface area contributed by atoms with E-state index in [-0.39, 0.29) is 11.9 Å². The molecule has 2 fully saturated rings. The molecule has 1 saturated heterocycles. The number of hydrogen-bond acceptors (Lipinski definition) is 5. The van der Waals surface area contributed by atoms with E-state index < -0.39 is 11.7 Å². The van der Waals surface area contributed by atoms with Crippen molar-refractivity contribution in [2.24, 2.45) is 0 Å². The number of likely N-dealkylation sites (tertiary alicyclic amines) is 1. The summed E-state index contributed by atoms with van der Waals surface area (Å²) in [7, 11) is 0. The van der Waals surface area contributed by atoms with Crippen molar-refractivity contribution < 1.29 is 18.0 Å². The van der Waals surface area contributed by atoms with Gasteiger partial charge in [0.15, 0.2) is 0 Å². The zero-order valence-electron chi connectivity index (χ0n) is 22.4. The highest BCUT2D eigenvalue weighted by Gasteiger charge is 2.31. The van der Waals surface area contributed by atoms with Gasteiger partial charge in [0.2, 0.25) is 5.91 Å². The lowest BCUT2D eigenvalue weighted by Gasteiger charge is -2.40. The molecule has 2 aromatic carbocycles. The number of rotatable bonds is 8. The summed E-state index contributed by atoms with van der Waals surface area (Å²) in [6.45, 7) is 2.41. The fourth-order valence-electron chi connectivity index (χ4n) is 5.67. The van der Waals surface area contributed by atoms with E-state index in [1.165, 1.54) is 50.2 Å². The zero-order valence-corrected chi connectivity index (χ0v) is 22.4. The van der Waals surface area contributed by atoms with Crippen LogP contribution < -0.4 is 5.32 Å². The van der Waals surface area contributed by atoms with Crippen LogP contribution in [0.3, 0.4) is 0 Å². The van der Waals surface area contributed by atoms with Crippen molar-refractivity contribution in [2.45, 2.75) is 63.3 Å². The molecule has 0 atom stereocenters. The third-order valence-corrected chi connectivity index (χ3v) is 7.88. The van der Waals surface area contributed by atoms with Crippen molar-refractivity contribution in [1.29, 1.82) is 0 Å². The van der Waals surface area contributed by atoms with Gasteiger partial charge in [-0.25, -0.2) is 9.97 Å². The van der Waals surface area contributed by atoms with Gasteiger partial charge in [0.05, 0.1) is 5.56 Å². The summed E-state index contributed by atoms with van der Waals surface area (Å²) in [5.74, 6) is 0.560. The van der Waals surface area contributed by atoms with E-state index >= 15 is 0 Å². The van der Waals surface area contributed by atoms with Crippen LogP contribution in [0.15, 0.2) is 73.2 Å². The van der Waals surface area contributed by atoms with E-state index in [9.17, 15) is 18.0 Å². The van der Waals surface area contributed by atoms with Gasteiger partial charge < -0.3 is 15.1 Å². The Bertz CT molecular complexity index is 1270. The summed E-state index contributed by atoms with van der Waals surface area (Å²) in [6.07, 6.45) is 8.78. The molecule has 5 rings (SSSR count). The normalized spacial score (nSPS) is 17.4. The number of piperidine rings is 1. The average molecular weight is 550 g/mol. The van der Waals surface area contributed by atoms with Gasteiger partial charge in [-0.15, -0.1) is 0 Å². The lowest BCUT2D eigenvalue weighted by atomic mass is 9.99. The molecule has 0 spiro atoms. The number of aromatic nitrogens is 2. The van der Waals surface area contributed by atoms with Crippen LogP contribution in [0, 0.1) is 0 Å². The number of halogens is 3. The van der Waals surface area contributed by atoms with E-state index in [0.29, 0.717) is 24.0 Å². The van der Waals surface area contributed by atoms with Crippen LogP contribution in [0.2, 0.25) is 0 Å². The van der Waals surface area contributed by atoms with Crippen LogP contribution in [0.5, 0.6) is 0 Å². The maximum absolute atomic E-state index is 13.5. The second-order valence-electron chi connectivity index (χ2n) is 10.5. The van der Waals surface area contributed by atoms with Crippen molar-refractivity contribution in [3.05, 3.63) is 89.9 Å². The molecule has 2 aliphatic rings. The Kier molecular flexibility index (Phi) is 8.79. The quantitative estimate of drug-likeness (QED) is 0.317. The summed E-state index contributed by atoms with van der Waals surface area (Å²) in [5.41, 5.74) is 1.73. The van der Waals surface area contributed by atoms with E-state index in [4.69, 9.17) is 0 Å². The van der Waals surface area contributed by atoms with Crippen molar-refractivity contribution >= 4 is 23.5 Å². The molecule has 0 unspecified atom stereocenters. The largest absolute Gasteiger partial charge is 0.416 e. The highest BCUT2D eigenvalue weighted by atomic mass is 19.4. The molecule has 6 nitrogen and oxygen atoms in total. The van der Waals surface area contributed by atoms with Gasteiger partial charge in [0.1, 0.15) is 12.1 Å². The lowest BCUT2D eigenvalue weighted by molar-refractivity contribution is -0.137. The highest BCUT2D eigenvalue weighted by Crippen LogP contribution is 2.30. The van der Waals surface area contributed by atoms with Gasteiger partial charge in [-0.05, 0) is 73.2 Å². The number of nitrogens with zero attached hydrogens (tertiary/aromatic N) is 4. The van der Waals surface area contributed by atoms with Gasteiger partial charge in [0.25, 0.3) is 0 Å². The van der Waals surface area contributed by atoms with E-state index in [1.807, 2.05) is 29.2 Å². The summed E-state index contributed by atoms with van der Waals surface area (Å²) in [5, 5.41) is 3.24. The average Bonchev–Trinajstić information content (AvgIpc) is 3.51. The van der Waals surface area contributed by atoms with Gasteiger partial charge >= 0.3 is 6.18 Å². The second kappa shape index (κ2) is 12.6. The molecule has 3 aromatic rings. The van der Waals surface area contributed by atoms with Crippen LogP contribution in [-0.4, -0.2) is 50.8 Å². The number of nitrogens with one attached hydrogen (secondary N) is 1. The lowest BCUT2D eigenvalue weighted by Crippen LogP contribution is -2.48. The number of carbonyl (C=O) groups excluding carboxylic acids is 1. The van der Waals surface area contributed by atoms with Gasteiger partial charge in [-0.2, -0.15) is 13.2 Å². The van der Waals surface area contributed by atoms with Crippen molar-refractivity contribution in [3.8, 4) is 0 Å². The fourth-order valence-corrected chi connectivity index (χ4v) is 5.67. The predicted octanol–water partition coefficient (Wildman–Crippen LogP) is 6.69. The van der Waals surface area contributed by atoms with Gasteiger partial charge in [-0.1, -0.05) is 37.1 Å². The number of benzene rings is 2. The minimum absolute atomic E-state index is 0.0984. The Labute approximate surface area is 232 Å². The molecular formula is C31H34F3N5O. The topological polar surface area (TPSA) is 61.4 Å². The third kappa shape index (κ3) is 7.27. The fraction of sp³-hybridized carbons (Fsp3) is 0.387. The smallest absolute Gasteiger partial charge is 0.340 e. The Hall–Kier alpha value is -3.72. The van der Waals surface area contributed by atoms with Crippen molar-refractivity contribution in [3.63, 3.8) is 0 Å². The summed E-state index contributed by atoms with van der Waals surface area (Å²) in [6, 6.07) is 15.3. The van der Waals surface area contributed by atoms with Crippen LogP contribution in [0.25, 0.3) is 6.08 Å². The van der Waals surface area contributed by atoms with E-state index in [0.717, 1.165) is 49.3 Å². The molecule has 1 N–H and O–H groups in total. The monoisotopic (exact) mass is 549 g/mol. The van der Waals surface area contributed by atoms with Crippen molar-refractivity contribution in [1.82, 2.24) is 19.8 Å². The molecule has 1 aliphatic carbocycles. The SMILES string of the molecule is O=C(/C=C/c1ccc(C(F)(F)F)cc1)N(Cc1ccc(Nc2ccncn2)cc1)C1CCN(C2CCCC2)CC1. The molecule has 1 saturated carbocycles. The molecule has 9 heteroatoms. The number of amides is 1. The highest BCUT2D eigenvalue weighted by molar-refractivity contribution is 5.92. The second-order valence-corrected chi connectivity index (χ2v) is 10.5. The van der Waals surface area contributed by atoms with Crippen LogP contribution in [0.4, 0.5) is 24.7 Å². The molecule has 40 heavy (non-hydrogen) atoms. The van der Waals surface area contributed by atoms with Crippen molar-refractivity contribution in [2.75, 3.05) is 18.4 Å². The first-order chi connectivity index (χ1) is 19.3. The minimum Gasteiger partial charge on any atom is -0.340 e. The molecule has 1 aromatic heterocycles. The Morgan fingerprint density at radius 1 is 0.975 bits per heavy atom. The molecular weight excluding hydrogens is 515 g/mol. The van der Waals surface area contributed by atoms with Crippen LogP contribution in [-0.2, 0) is 17.5 Å². The first-order valence-electron chi connectivity index (χ1n) is 13.9. The van der Waals surface area contributed by atoms with E-state index in [1.54, 1.807) is 18.3 Å². The summed E-state index contributed by atoms with van der Waals surface area (Å²) >= 11 is 0. The number of alkyl halides is 3.